The standard InChI is InChI=1S/C12H14FNO5S/c13-10-3-1-2-9(6-10)4-5-20(18,19)14-7-12(17,8-14)11(15)16/h1-3,6,17H,4-5,7-8H2,(H,15,16). The second kappa shape index (κ2) is 5.12. The molecule has 6 nitrogen and oxygen atoms in total. The zero-order valence-electron chi connectivity index (χ0n) is 10.5. The number of sulfonamides is 1. The maximum Gasteiger partial charge on any atom is 0.338 e. The molecule has 110 valence electrons. The van der Waals surface area contributed by atoms with Crippen LogP contribution in [-0.4, -0.2) is 53.3 Å². The number of benzene rings is 1. The van der Waals surface area contributed by atoms with Gasteiger partial charge in [0.15, 0.2) is 5.60 Å². The largest absolute Gasteiger partial charge is 0.479 e. The Labute approximate surface area is 115 Å². The molecule has 0 bridgehead atoms. The minimum Gasteiger partial charge on any atom is -0.479 e. The lowest BCUT2D eigenvalue weighted by molar-refractivity contribution is -0.170. The van der Waals surface area contributed by atoms with Gasteiger partial charge in [0.25, 0.3) is 0 Å². The van der Waals surface area contributed by atoms with Crippen LogP contribution in [0.1, 0.15) is 5.56 Å². The summed E-state index contributed by atoms with van der Waals surface area (Å²) >= 11 is 0. The first-order valence-electron chi connectivity index (χ1n) is 5.91. The highest BCUT2D eigenvalue weighted by atomic mass is 32.2. The van der Waals surface area contributed by atoms with E-state index in [0.29, 0.717) is 5.56 Å². The van der Waals surface area contributed by atoms with E-state index in [2.05, 4.69) is 0 Å². The van der Waals surface area contributed by atoms with Gasteiger partial charge in [0.2, 0.25) is 10.0 Å². The van der Waals surface area contributed by atoms with Crippen LogP contribution in [0.25, 0.3) is 0 Å². The summed E-state index contributed by atoms with van der Waals surface area (Å²) in [7, 11) is -3.65. The van der Waals surface area contributed by atoms with E-state index in [1.807, 2.05) is 0 Å². The minimum absolute atomic E-state index is 0.127. The summed E-state index contributed by atoms with van der Waals surface area (Å²) in [6.45, 7) is -0.901. The molecule has 0 radical (unpaired) electrons. The number of carboxylic acids is 1. The molecular weight excluding hydrogens is 289 g/mol. The third-order valence-corrected chi connectivity index (χ3v) is 4.97. The van der Waals surface area contributed by atoms with Gasteiger partial charge in [0.1, 0.15) is 5.82 Å². The van der Waals surface area contributed by atoms with Crippen molar-refractivity contribution in [1.82, 2.24) is 4.31 Å². The van der Waals surface area contributed by atoms with Crippen LogP contribution >= 0.6 is 0 Å². The van der Waals surface area contributed by atoms with E-state index < -0.39 is 40.5 Å². The monoisotopic (exact) mass is 303 g/mol. The summed E-state index contributed by atoms with van der Waals surface area (Å²) in [5.41, 5.74) is -1.45. The number of hydrogen-bond donors (Lipinski definition) is 2. The molecule has 1 aromatic carbocycles. The molecule has 1 aliphatic heterocycles. The first-order chi connectivity index (χ1) is 9.23. The quantitative estimate of drug-likeness (QED) is 0.787. The molecule has 0 saturated carbocycles. The van der Waals surface area contributed by atoms with Crippen molar-refractivity contribution in [3.63, 3.8) is 0 Å². The molecular formula is C12H14FNO5S. The second-order valence-corrected chi connectivity index (χ2v) is 6.89. The van der Waals surface area contributed by atoms with Gasteiger partial charge in [-0.05, 0) is 24.1 Å². The summed E-state index contributed by atoms with van der Waals surface area (Å²) < 4.78 is 37.7. The van der Waals surface area contributed by atoms with Gasteiger partial charge in [-0.15, -0.1) is 0 Å². The summed E-state index contributed by atoms with van der Waals surface area (Å²) in [5.74, 6) is -2.13. The van der Waals surface area contributed by atoms with E-state index in [0.717, 1.165) is 4.31 Å². The number of aliphatic hydroxyl groups is 1. The van der Waals surface area contributed by atoms with Gasteiger partial charge in [-0.25, -0.2) is 17.6 Å². The summed E-state index contributed by atoms with van der Waals surface area (Å²) in [4.78, 5) is 10.7. The Hall–Kier alpha value is -1.51. The predicted octanol–water partition coefficient (Wildman–Crippen LogP) is -0.171. The Morgan fingerprint density at radius 2 is 2.05 bits per heavy atom. The third-order valence-electron chi connectivity index (χ3n) is 3.21. The fourth-order valence-electron chi connectivity index (χ4n) is 1.94. The Balaban J connectivity index is 1.95. The molecule has 1 aromatic rings. The van der Waals surface area contributed by atoms with E-state index in [1.165, 1.54) is 18.2 Å². The fourth-order valence-corrected chi connectivity index (χ4v) is 3.51. The molecule has 0 amide bonds. The van der Waals surface area contributed by atoms with Gasteiger partial charge in [-0.1, -0.05) is 12.1 Å². The maximum absolute atomic E-state index is 13.0. The lowest BCUT2D eigenvalue weighted by atomic mass is 9.98. The van der Waals surface area contributed by atoms with Crippen molar-refractivity contribution >= 4 is 16.0 Å². The molecule has 20 heavy (non-hydrogen) atoms. The lowest BCUT2D eigenvalue weighted by Crippen LogP contribution is -2.67. The molecule has 0 unspecified atom stereocenters. The van der Waals surface area contributed by atoms with Crippen LogP contribution in [0, 0.1) is 5.82 Å². The first-order valence-corrected chi connectivity index (χ1v) is 7.52. The van der Waals surface area contributed by atoms with Gasteiger partial charge < -0.3 is 10.2 Å². The highest BCUT2D eigenvalue weighted by molar-refractivity contribution is 7.89. The summed E-state index contributed by atoms with van der Waals surface area (Å²) in [5, 5.41) is 18.2. The van der Waals surface area contributed by atoms with Crippen molar-refractivity contribution in [3.8, 4) is 0 Å². The number of hydrogen-bond acceptors (Lipinski definition) is 4. The Morgan fingerprint density at radius 3 is 2.60 bits per heavy atom. The lowest BCUT2D eigenvalue weighted by Gasteiger charge is -2.42. The molecule has 8 heteroatoms. The molecule has 0 aliphatic carbocycles. The highest BCUT2D eigenvalue weighted by Crippen LogP contribution is 2.25. The number of nitrogens with zero attached hydrogens (tertiary/aromatic N) is 1. The minimum atomic E-state index is -3.65. The van der Waals surface area contributed by atoms with Gasteiger partial charge >= 0.3 is 5.97 Å². The zero-order valence-corrected chi connectivity index (χ0v) is 11.3. The fraction of sp³-hybridized carbons (Fsp3) is 0.417. The third kappa shape index (κ3) is 2.97. The van der Waals surface area contributed by atoms with Crippen LogP contribution in [-0.2, 0) is 21.2 Å². The van der Waals surface area contributed by atoms with E-state index >= 15 is 0 Å². The van der Waals surface area contributed by atoms with Crippen LogP contribution in [0.2, 0.25) is 0 Å². The van der Waals surface area contributed by atoms with Crippen LogP contribution in [0.15, 0.2) is 24.3 Å². The van der Waals surface area contributed by atoms with Crippen LogP contribution < -0.4 is 0 Å². The summed E-state index contributed by atoms with van der Waals surface area (Å²) in [6.07, 6.45) is 0.127. The van der Waals surface area contributed by atoms with Gasteiger partial charge in [0.05, 0.1) is 18.8 Å². The Morgan fingerprint density at radius 1 is 1.40 bits per heavy atom. The van der Waals surface area contributed by atoms with E-state index in [-0.39, 0.29) is 12.2 Å². The maximum atomic E-state index is 13.0. The predicted molar refractivity (Wildman–Crippen MR) is 68.0 cm³/mol. The van der Waals surface area contributed by atoms with Crippen molar-refractivity contribution in [2.24, 2.45) is 0 Å². The number of aryl methyl sites for hydroxylation is 1. The molecule has 1 saturated heterocycles. The van der Waals surface area contributed by atoms with Crippen LogP contribution in [0.4, 0.5) is 4.39 Å². The van der Waals surface area contributed by atoms with Gasteiger partial charge in [-0.2, -0.15) is 4.31 Å². The molecule has 0 atom stereocenters. The van der Waals surface area contributed by atoms with Crippen LogP contribution in [0.3, 0.4) is 0 Å². The van der Waals surface area contributed by atoms with Crippen molar-refractivity contribution in [2.45, 2.75) is 12.0 Å². The highest BCUT2D eigenvalue weighted by Gasteiger charge is 2.52. The van der Waals surface area contributed by atoms with Gasteiger partial charge in [-0.3, -0.25) is 0 Å². The molecule has 0 aromatic heterocycles. The van der Waals surface area contributed by atoms with E-state index in [4.69, 9.17) is 5.11 Å². The van der Waals surface area contributed by atoms with Crippen LogP contribution in [0.5, 0.6) is 0 Å². The number of carbonyl (C=O) groups is 1. The number of aliphatic carboxylic acids is 1. The van der Waals surface area contributed by atoms with Crippen molar-refractivity contribution in [2.75, 3.05) is 18.8 Å². The number of β-amino-alcohol motifs (C(OH)–C–C–N with tert-alkyl or cyclic N) is 1. The molecule has 0 spiro atoms. The molecule has 1 aliphatic rings. The van der Waals surface area contributed by atoms with Gasteiger partial charge in [0, 0.05) is 0 Å². The number of carboxylic acid groups (broad SMARTS) is 1. The van der Waals surface area contributed by atoms with Crippen molar-refractivity contribution in [3.05, 3.63) is 35.6 Å². The SMILES string of the molecule is O=C(O)C1(O)CN(S(=O)(=O)CCc2cccc(F)c2)C1. The zero-order chi connectivity index (χ0) is 15.0. The first kappa shape index (κ1) is 14.9. The molecule has 1 heterocycles. The average Bonchev–Trinajstić information content (AvgIpc) is 2.32. The smallest absolute Gasteiger partial charge is 0.338 e. The average molecular weight is 303 g/mol. The number of halogens is 1. The topological polar surface area (TPSA) is 94.9 Å². The normalized spacial score (nSPS) is 18.5. The molecule has 1 fully saturated rings. The molecule has 2 rings (SSSR count). The van der Waals surface area contributed by atoms with Crippen molar-refractivity contribution < 1.29 is 27.8 Å². The van der Waals surface area contributed by atoms with E-state index in [9.17, 15) is 22.7 Å². The Bertz CT molecular complexity index is 624. The Kier molecular flexibility index (Phi) is 3.81. The van der Waals surface area contributed by atoms with Crippen molar-refractivity contribution in [1.29, 1.82) is 0 Å². The summed E-state index contributed by atoms with van der Waals surface area (Å²) in [6, 6.07) is 5.62. The number of rotatable bonds is 5. The van der Waals surface area contributed by atoms with E-state index in [1.54, 1.807) is 6.07 Å². The second-order valence-electron chi connectivity index (χ2n) is 4.80. The molecule has 2 N–H and O–H groups in total.